The zero-order valence-corrected chi connectivity index (χ0v) is 10.8. The van der Waals surface area contributed by atoms with Gasteiger partial charge in [-0.05, 0) is 63.3 Å². The first-order chi connectivity index (χ1) is 7.88. The Bertz CT molecular complexity index is 209. The Labute approximate surface area is 101 Å². The van der Waals surface area contributed by atoms with E-state index in [9.17, 15) is 0 Å². The summed E-state index contributed by atoms with van der Waals surface area (Å²) in [6, 6.07) is 0.869. The average Bonchev–Trinajstić information content (AvgIpc) is 3.13. The van der Waals surface area contributed by atoms with Crippen molar-refractivity contribution in [3.05, 3.63) is 12.2 Å². The Morgan fingerprint density at radius 1 is 1.06 bits per heavy atom. The monoisotopic (exact) mass is 221 g/mol. The van der Waals surface area contributed by atoms with E-state index in [0.29, 0.717) is 0 Å². The van der Waals surface area contributed by atoms with Crippen LogP contribution in [0.3, 0.4) is 0 Å². The fourth-order valence-corrected chi connectivity index (χ4v) is 2.74. The quantitative estimate of drug-likeness (QED) is 0.530. The molecule has 0 bridgehead atoms. The lowest BCUT2D eigenvalue weighted by Crippen LogP contribution is -2.16. The zero-order chi connectivity index (χ0) is 11.2. The van der Waals surface area contributed by atoms with Gasteiger partial charge in [-0.15, -0.1) is 0 Å². The highest BCUT2D eigenvalue weighted by molar-refractivity contribution is 4.92. The predicted octanol–water partition coefficient (Wildman–Crippen LogP) is 3.90. The molecule has 2 fully saturated rings. The van der Waals surface area contributed by atoms with Crippen molar-refractivity contribution in [1.29, 1.82) is 0 Å². The number of rotatable bonds is 6. The summed E-state index contributed by atoms with van der Waals surface area (Å²) >= 11 is 0. The minimum atomic E-state index is 0.869. The van der Waals surface area contributed by atoms with Gasteiger partial charge in [0.2, 0.25) is 0 Å². The van der Waals surface area contributed by atoms with Crippen LogP contribution in [0.1, 0.15) is 58.3 Å². The van der Waals surface area contributed by atoms with Gasteiger partial charge in [0.15, 0.2) is 0 Å². The van der Waals surface area contributed by atoms with Crippen molar-refractivity contribution in [2.45, 2.75) is 64.3 Å². The lowest BCUT2D eigenvalue weighted by atomic mass is 9.81. The summed E-state index contributed by atoms with van der Waals surface area (Å²) in [6.07, 6.45) is 16.1. The van der Waals surface area contributed by atoms with Gasteiger partial charge < -0.3 is 5.32 Å². The molecule has 1 N–H and O–H groups in total. The van der Waals surface area contributed by atoms with E-state index >= 15 is 0 Å². The van der Waals surface area contributed by atoms with E-state index in [1.807, 2.05) is 0 Å². The Hall–Kier alpha value is -0.300. The topological polar surface area (TPSA) is 12.0 Å². The summed E-state index contributed by atoms with van der Waals surface area (Å²) in [5, 5.41) is 3.56. The highest BCUT2D eigenvalue weighted by atomic mass is 14.9. The largest absolute Gasteiger partial charge is 0.314 e. The first-order valence-electron chi connectivity index (χ1n) is 7.28. The molecule has 0 aromatic rings. The number of allylic oxidation sites excluding steroid dienone is 1. The van der Waals surface area contributed by atoms with Gasteiger partial charge in [-0.1, -0.05) is 25.5 Å². The number of nitrogens with one attached hydrogen (secondary N) is 1. The number of hydrogen-bond acceptors (Lipinski definition) is 1. The van der Waals surface area contributed by atoms with Crippen molar-refractivity contribution in [3.8, 4) is 0 Å². The van der Waals surface area contributed by atoms with E-state index < -0.39 is 0 Å². The molecule has 2 aliphatic rings. The maximum Gasteiger partial charge on any atom is 0.00683 e. The molecule has 16 heavy (non-hydrogen) atoms. The summed E-state index contributed by atoms with van der Waals surface area (Å²) in [4.78, 5) is 0. The van der Waals surface area contributed by atoms with Gasteiger partial charge in [-0.2, -0.15) is 0 Å². The van der Waals surface area contributed by atoms with E-state index in [4.69, 9.17) is 0 Å². The Morgan fingerprint density at radius 2 is 1.81 bits per heavy atom. The third kappa shape index (κ3) is 4.29. The van der Waals surface area contributed by atoms with Crippen molar-refractivity contribution < 1.29 is 0 Å². The summed E-state index contributed by atoms with van der Waals surface area (Å²) in [6.45, 7) is 3.52. The second-order valence-corrected chi connectivity index (χ2v) is 5.63. The van der Waals surface area contributed by atoms with Crippen molar-refractivity contribution in [2.75, 3.05) is 6.54 Å². The van der Waals surface area contributed by atoms with Crippen molar-refractivity contribution in [1.82, 2.24) is 5.32 Å². The normalized spacial score (nSPS) is 31.1. The van der Waals surface area contributed by atoms with Gasteiger partial charge in [0.1, 0.15) is 0 Å². The first kappa shape index (κ1) is 12.2. The Kier molecular flexibility index (Phi) is 4.90. The lowest BCUT2D eigenvalue weighted by molar-refractivity contribution is 0.303. The molecule has 0 heterocycles. The molecule has 0 unspecified atom stereocenters. The van der Waals surface area contributed by atoms with Gasteiger partial charge in [0, 0.05) is 6.04 Å². The van der Waals surface area contributed by atoms with Crippen LogP contribution < -0.4 is 5.32 Å². The third-order valence-corrected chi connectivity index (χ3v) is 4.20. The number of hydrogen-bond donors (Lipinski definition) is 1. The molecule has 1 nitrogen and oxygen atoms in total. The summed E-state index contributed by atoms with van der Waals surface area (Å²) in [7, 11) is 0. The highest BCUT2D eigenvalue weighted by Crippen LogP contribution is 2.31. The summed E-state index contributed by atoms with van der Waals surface area (Å²) in [5.74, 6) is 1.92. The molecule has 0 spiro atoms. The van der Waals surface area contributed by atoms with Gasteiger partial charge in [-0.3, -0.25) is 0 Å². The van der Waals surface area contributed by atoms with Crippen LogP contribution in [0.2, 0.25) is 0 Å². The van der Waals surface area contributed by atoms with Crippen molar-refractivity contribution in [2.24, 2.45) is 11.8 Å². The van der Waals surface area contributed by atoms with Crippen LogP contribution in [-0.4, -0.2) is 12.6 Å². The molecule has 0 aliphatic heterocycles. The molecule has 0 atom stereocenters. The fourth-order valence-electron chi connectivity index (χ4n) is 2.74. The van der Waals surface area contributed by atoms with E-state index in [-0.39, 0.29) is 0 Å². The maximum atomic E-state index is 3.56. The van der Waals surface area contributed by atoms with Crippen LogP contribution in [0.25, 0.3) is 0 Å². The SMILES string of the molecule is CCC1CCC(C=CCCNC2CC2)CC1. The molecular weight excluding hydrogens is 194 g/mol. The molecule has 1 heteroatoms. The van der Waals surface area contributed by atoms with E-state index in [0.717, 1.165) is 17.9 Å². The molecule has 0 amide bonds. The minimum Gasteiger partial charge on any atom is -0.314 e. The summed E-state index contributed by atoms with van der Waals surface area (Å²) < 4.78 is 0. The molecule has 2 rings (SSSR count). The van der Waals surface area contributed by atoms with Gasteiger partial charge >= 0.3 is 0 Å². The lowest BCUT2D eigenvalue weighted by Gasteiger charge is -2.25. The second kappa shape index (κ2) is 6.44. The summed E-state index contributed by atoms with van der Waals surface area (Å²) in [5.41, 5.74) is 0. The Balaban J connectivity index is 1.52. The predicted molar refractivity (Wildman–Crippen MR) is 70.5 cm³/mol. The molecule has 0 saturated heterocycles. The fraction of sp³-hybridized carbons (Fsp3) is 0.867. The van der Waals surface area contributed by atoms with E-state index in [2.05, 4.69) is 24.4 Å². The molecule has 0 radical (unpaired) electrons. The molecular formula is C15H27N. The van der Waals surface area contributed by atoms with Crippen LogP contribution in [0.15, 0.2) is 12.2 Å². The van der Waals surface area contributed by atoms with Crippen LogP contribution in [0.4, 0.5) is 0 Å². The highest BCUT2D eigenvalue weighted by Gasteiger charge is 2.19. The minimum absolute atomic E-state index is 0.869. The van der Waals surface area contributed by atoms with Crippen LogP contribution >= 0.6 is 0 Å². The average molecular weight is 221 g/mol. The standard InChI is InChI=1S/C15H27N/c1-2-13-6-8-14(9-7-13)5-3-4-12-16-15-10-11-15/h3,5,13-16H,2,4,6-12H2,1H3. The van der Waals surface area contributed by atoms with E-state index in [1.165, 1.54) is 57.9 Å². The molecule has 0 aromatic heterocycles. The molecule has 92 valence electrons. The van der Waals surface area contributed by atoms with Gasteiger partial charge in [-0.25, -0.2) is 0 Å². The first-order valence-corrected chi connectivity index (χ1v) is 7.28. The third-order valence-electron chi connectivity index (χ3n) is 4.20. The van der Waals surface area contributed by atoms with Gasteiger partial charge in [0.05, 0.1) is 0 Å². The smallest absolute Gasteiger partial charge is 0.00683 e. The van der Waals surface area contributed by atoms with Crippen molar-refractivity contribution >= 4 is 0 Å². The van der Waals surface area contributed by atoms with Crippen LogP contribution in [0, 0.1) is 11.8 Å². The van der Waals surface area contributed by atoms with Gasteiger partial charge in [0.25, 0.3) is 0 Å². The zero-order valence-electron chi connectivity index (χ0n) is 10.8. The molecule has 2 aliphatic carbocycles. The second-order valence-electron chi connectivity index (χ2n) is 5.63. The van der Waals surface area contributed by atoms with Crippen molar-refractivity contribution in [3.63, 3.8) is 0 Å². The van der Waals surface area contributed by atoms with Crippen LogP contribution in [-0.2, 0) is 0 Å². The maximum absolute atomic E-state index is 3.56. The van der Waals surface area contributed by atoms with Crippen LogP contribution in [0.5, 0.6) is 0 Å². The molecule has 0 aromatic carbocycles. The molecule has 2 saturated carbocycles. The Morgan fingerprint density at radius 3 is 2.44 bits per heavy atom. The van der Waals surface area contributed by atoms with E-state index in [1.54, 1.807) is 0 Å².